The number of hydrogen-bond donors (Lipinski definition) is 1. The van der Waals surface area contributed by atoms with Gasteiger partial charge >= 0.3 is 0 Å². The van der Waals surface area contributed by atoms with E-state index in [0.29, 0.717) is 0 Å². The van der Waals surface area contributed by atoms with E-state index < -0.39 is 15.7 Å². The third kappa shape index (κ3) is 3.56. The fourth-order valence-corrected chi connectivity index (χ4v) is 3.15. The van der Waals surface area contributed by atoms with Crippen molar-refractivity contribution in [2.75, 3.05) is 0 Å². The molecule has 102 valence electrons. The summed E-state index contributed by atoms with van der Waals surface area (Å²) in [5.74, 6) is 0.262. The third-order valence-corrected chi connectivity index (χ3v) is 5.89. The maximum absolute atomic E-state index is 11.5. The van der Waals surface area contributed by atoms with Gasteiger partial charge in [0, 0.05) is 4.47 Å². The fourth-order valence-electron chi connectivity index (χ4n) is 2.13. The summed E-state index contributed by atoms with van der Waals surface area (Å²) >= 11 is 9.64. The van der Waals surface area contributed by atoms with Gasteiger partial charge in [0.2, 0.25) is 0 Å². The molecule has 1 aromatic carbocycles. The lowest BCUT2D eigenvalue weighted by atomic mass is 9.89. The van der Waals surface area contributed by atoms with Crippen LogP contribution >= 0.6 is 27.5 Å². The van der Waals surface area contributed by atoms with Crippen molar-refractivity contribution in [1.29, 1.82) is 0 Å². The Balaban J connectivity index is 3.02. The SMILES string of the molecule is Cc1c([C@H](C)CC(C)(C)S(N)=O)ccc(Br)c1Cl. The monoisotopic (exact) mass is 351 g/mol. The average Bonchev–Trinajstić information content (AvgIpc) is 2.25. The molecule has 5 heteroatoms. The molecule has 18 heavy (non-hydrogen) atoms. The van der Waals surface area contributed by atoms with Gasteiger partial charge in [0.05, 0.1) is 20.8 Å². The van der Waals surface area contributed by atoms with Crippen LogP contribution in [0.2, 0.25) is 5.02 Å². The number of rotatable bonds is 4. The van der Waals surface area contributed by atoms with Crippen LogP contribution in [0.3, 0.4) is 0 Å². The van der Waals surface area contributed by atoms with Gasteiger partial charge in [-0.2, -0.15) is 0 Å². The predicted molar refractivity (Wildman–Crippen MR) is 83.3 cm³/mol. The first-order chi connectivity index (χ1) is 8.16. The largest absolute Gasteiger partial charge is 0.251 e. The summed E-state index contributed by atoms with van der Waals surface area (Å²) in [6, 6.07) is 4.01. The summed E-state index contributed by atoms with van der Waals surface area (Å²) in [6.45, 7) is 7.97. The van der Waals surface area contributed by atoms with Gasteiger partial charge in [0.25, 0.3) is 0 Å². The Labute approximate surface area is 125 Å². The average molecular weight is 353 g/mol. The lowest BCUT2D eigenvalue weighted by Gasteiger charge is -2.26. The molecule has 0 spiro atoms. The van der Waals surface area contributed by atoms with E-state index in [-0.39, 0.29) is 5.92 Å². The van der Waals surface area contributed by atoms with E-state index >= 15 is 0 Å². The van der Waals surface area contributed by atoms with Gasteiger partial charge in [-0.1, -0.05) is 24.6 Å². The molecule has 0 amide bonds. The van der Waals surface area contributed by atoms with Gasteiger partial charge in [-0.15, -0.1) is 0 Å². The third-order valence-electron chi connectivity index (χ3n) is 3.25. The van der Waals surface area contributed by atoms with Gasteiger partial charge < -0.3 is 0 Å². The van der Waals surface area contributed by atoms with E-state index in [9.17, 15) is 4.21 Å². The van der Waals surface area contributed by atoms with Crippen LogP contribution in [0, 0.1) is 6.92 Å². The van der Waals surface area contributed by atoms with Gasteiger partial charge in [-0.25, -0.2) is 4.21 Å². The standard InChI is InChI=1S/C13H19BrClNOS/c1-8(7-13(3,4)18(16)17)10-5-6-11(14)12(15)9(10)2/h5-6,8H,7,16H2,1-4H3/t8-,18?/m1/s1. The van der Waals surface area contributed by atoms with Crippen LogP contribution in [0.5, 0.6) is 0 Å². The van der Waals surface area contributed by atoms with Crippen molar-refractivity contribution in [2.45, 2.75) is 44.8 Å². The van der Waals surface area contributed by atoms with Crippen molar-refractivity contribution in [1.82, 2.24) is 0 Å². The van der Waals surface area contributed by atoms with E-state index in [4.69, 9.17) is 16.7 Å². The summed E-state index contributed by atoms with van der Waals surface area (Å²) in [7, 11) is -1.33. The zero-order valence-electron chi connectivity index (χ0n) is 11.1. The molecule has 1 rings (SSSR count). The Bertz CT molecular complexity index is 476. The molecule has 0 radical (unpaired) electrons. The van der Waals surface area contributed by atoms with E-state index in [0.717, 1.165) is 21.5 Å². The Kier molecular flexibility index (Phi) is 5.42. The second kappa shape index (κ2) is 6.04. The van der Waals surface area contributed by atoms with Crippen molar-refractivity contribution >= 4 is 38.5 Å². The van der Waals surface area contributed by atoms with Crippen LogP contribution in [0.4, 0.5) is 0 Å². The zero-order valence-corrected chi connectivity index (χ0v) is 14.2. The van der Waals surface area contributed by atoms with E-state index in [1.165, 1.54) is 5.56 Å². The molecular formula is C13H19BrClNOS. The number of halogens is 2. The minimum Gasteiger partial charge on any atom is -0.251 e. The Morgan fingerprint density at radius 3 is 2.56 bits per heavy atom. The highest BCUT2D eigenvalue weighted by Gasteiger charge is 2.27. The van der Waals surface area contributed by atoms with Gasteiger partial charge in [0.15, 0.2) is 0 Å². The number of nitrogens with two attached hydrogens (primary N) is 1. The Morgan fingerprint density at radius 2 is 2.06 bits per heavy atom. The normalized spacial score (nSPS) is 15.5. The van der Waals surface area contributed by atoms with Gasteiger partial charge in [-0.05, 0) is 66.2 Å². The van der Waals surface area contributed by atoms with Gasteiger partial charge in [0.1, 0.15) is 0 Å². The van der Waals surface area contributed by atoms with Crippen LogP contribution in [0.15, 0.2) is 16.6 Å². The van der Waals surface area contributed by atoms with Crippen molar-refractivity contribution in [3.8, 4) is 0 Å². The Morgan fingerprint density at radius 1 is 1.50 bits per heavy atom. The highest BCUT2D eigenvalue weighted by molar-refractivity contribution is 9.10. The molecular weight excluding hydrogens is 334 g/mol. The van der Waals surface area contributed by atoms with Crippen molar-refractivity contribution in [3.63, 3.8) is 0 Å². The lowest BCUT2D eigenvalue weighted by molar-refractivity contribution is 0.539. The second-order valence-electron chi connectivity index (χ2n) is 5.24. The maximum Gasteiger partial charge on any atom is 0.0945 e. The molecule has 0 fully saturated rings. The minimum atomic E-state index is -1.33. The van der Waals surface area contributed by atoms with E-state index in [1.807, 2.05) is 26.8 Å². The minimum absolute atomic E-state index is 0.262. The fraction of sp³-hybridized carbons (Fsp3) is 0.538. The molecule has 0 saturated carbocycles. The van der Waals surface area contributed by atoms with Crippen molar-refractivity contribution in [3.05, 3.63) is 32.8 Å². The predicted octanol–water partition coefficient (Wildman–Crippen LogP) is 4.31. The van der Waals surface area contributed by atoms with E-state index in [2.05, 4.69) is 28.9 Å². The first-order valence-electron chi connectivity index (χ1n) is 5.77. The molecule has 1 aromatic rings. The molecule has 0 aliphatic carbocycles. The molecule has 1 unspecified atom stereocenters. The summed E-state index contributed by atoms with van der Waals surface area (Å²) < 4.78 is 12.0. The summed E-state index contributed by atoms with van der Waals surface area (Å²) in [5.41, 5.74) is 2.25. The van der Waals surface area contributed by atoms with Crippen LogP contribution in [-0.2, 0) is 11.0 Å². The highest BCUT2D eigenvalue weighted by atomic mass is 79.9. The van der Waals surface area contributed by atoms with Crippen molar-refractivity contribution in [2.24, 2.45) is 5.14 Å². The van der Waals surface area contributed by atoms with Crippen LogP contribution in [0.25, 0.3) is 0 Å². The smallest absolute Gasteiger partial charge is 0.0945 e. The molecule has 0 heterocycles. The van der Waals surface area contributed by atoms with Crippen LogP contribution < -0.4 is 5.14 Å². The Hall–Kier alpha value is 0.1000. The summed E-state index contributed by atoms with van der Waals surface area (Å²) in [4.78, 5) is 0. The number of hydrogen-bond acceptors (Lipinski definition) is 1. The first-order valence-corrected chi connectivity index (χ1v) is 8.16. The number of benzene rings is 1. The summed E-state index contributed by atoms with van der Waals surface area (Å²) in [5, 5.41) is 6.27. The van der Waals surface area contributed by atoms with E-state index in [1.54, 1.807) is 0 Å². The first kappa shape index (κ1) is 16.2. The summed E-state index contributed by atoms with van der Waals surface area (Å²) in [6.07, 6.45) is 0.759. The molecule has 0 bridgehead atoms. The zero-order chi connectivity index (χ0) is 14.1. The molecule has 2 N–H and O–H groups in total. The highest BCUT2D eigenvalue weighted by Crippen LogP contribution is 2.35. The molecule has 0 saturated heterocycles. The van der Waals surface area contributed by atoms with Gasteiger partial charge in [-0.3, -0.25) is 5.14 Å². The lowest BCUT2D eigenvalue weighted by Crippen LogP contribution is -2.33. The topological polar surface area (TPSA) is 43.1 Å². The second-order valence-corrected chi connectivity index (χ2v) is 8.17. The maximum atomic E-state index is 11.5. The molecule has 0 aliphatic heterocycles. The van der Waals surface area contributed by atoms with Crippen molar-refractivity contribution < 1.29 is 4.21 Å². The molecule has 2 nitrogen and oxygen atoms in total. The quantitative estimate of drug-likeness (QED) is 0.862. The molecule has 0 aliphatic rings. The molecule has 2 atom stereocenters. The van der Waals surface area contributed by atoms with Crippen LogP contribution in [0.1, 0.15) is 44.2 Å². The molecule has 0 aromatic heterocycles. The van der Waals surface area contributed by atoms with Crippen LogP contribution in [-0.4, -0.2) is 8.96 Å².